The molecule has 0 aromatic heterocycles. The predicted molar refractivity (Wildman–Crippen MR) is 74.7 cm³/mol. The van der Waals surface area contributed by atoms with E-state index < -0.39 is 0 Å². The van der Waals surface area contributed by atoms with E-state index in [1.54, 1.807) is 7.11 Å². The molecule has 6 nitrogen and oxygen atoms in total. The molecule has 0 aliphatic carbocycles. The molecule has 0 aliphatic heterocycles. The van der Waals surface area contributed by atoms with Crippen molar-refractivity contribution < 1.29 is 28.5 Å². The highest BCUT2D eigenvalue weighted by atomic mass is 16.6. The Hall–Kier alpha value is -0.690. The monoisotopic (exact) mass is 292 g/mol. The quantitative estimate of drug-likeness (QED) is 0.355. The van der Waals surface area contributed by atoms with E-state index in [2.05, 4.69) is 0 Å². The van der Waals surface area contributed by atoms with Crippen molar-refractivity contribution in [3.63, 3.8) is 0 Å². The molecule has 0 N–H and O–H groups in total. The van der Waals surface area contributed by atoms with Crippen LogP contribution < -0.4 is 0 Å². The second-order valence-electron chi connectivity index (χ2n) is 4.65. The molecule has 0 aromatic carbocycles. The van der Waals surface area contributed by atoms with E-state index in [-0.39, 0.29) is 5.97 Å². The molecule has 0 radical (unpaired) electrons. The van der Waals surface area contributed by atoms with Gasteiger partial charge in [0.25, 0.3) is 0 Å². The van der Waals surface area contributed by atoms with Crippen LogP contribution in [0.2, 0.25) is 0 Å². The molecule has 0 fully saturated rings. The fourth-order valence-electron chi connectivity index (χ4n) is 1.29. The predicted octanol–water partition coefficient (Wildman–Crippen LogP) is 1.27. The van der Waals surface area contributed by atoms with Gasteiger partial charge in [-0.05, 0) is 5.92 Å². The number of esters is 1. The first-order valence-electron chi connectivity index (χ1n) is 7.04. The maximum Gasteiger partial charge on any atom is 0.306 e. The number of hydrogen-bond donors (Lipinski definition) is 0. The zero-order valence-electron chi connectivity index (χ0n) is 12.9. The van der Waals surface area contributed by atoms with Gasteiger partial charge in [-0.3, -0.25) is 4.79 Å². The van der Waals surface area contributed by atoms with Crippen molar-refractivity contribution in [2.75, 3.05) is 60.0 Å². The van der Waals surface area contributed by atoms with Gasteiger partial charge >= 0.3 is 5.97 Å². The highest BCUT2D eigenvalue weighted by molar-refractivity contribution is 5.69. The second-order valence-corrected chi connectivity index (χ2v) is 4.65. The van der Waals surface area contributed by atoms with Crippen LogP contribution in [-0.2, 0) is 28.5 Å². The summed E-state index contributed by atoms with van der Waals surface area (Å²) in [6, 6.07) is 0. The van der Waals surface area contributed by atoms with Gasteiger partial charge in [-0.25, -0.2) is 0 Å². The van der Waals surface area contributed by atoms with E-state index in [1.807, 2.05) is 13.8 Å². The molecule has 0 aromatic rings. The molecule has 120 valence electrons. The van der Waals surface area contributed by atoms with E-state index in [1.165, 1.54) is 0 Å². The van der Waals surface area contributed by atoms with Crippen molar-refractivity contribution in [1.29, 1.82) is 0 Å². The van der Waals surface area contributed by atoms with E-state index in [0.717, 1.165) is 0 Å². The number of rotatable bonds is 14. The Kier molecular flexibility index (Phi) is 14.2. The molecule has 0 rings (SSSR count). The largest absolute Gasteiger partial charge is 0.463 e. The molecule has 0 heterocycles. The summed E-state index contributed by atoms with van der Waals surface area (Å²) < 4.78 is 25.6. The van der Waals surface area contributed by atoms with Gasteiger partial charge in [-0.15, -0.1) is 0 Å². The first kappa shape index (κ1) is 19.3. The fourth-order valence-corrected chi connectivity index (χ4v) is 1.29. The maximum absolute atomic E-state index is 11.2. The van der Waals surface area contributed by atoms with Gasteiger partial charge in [0.05, 0.1) is 46.2 Å². The van der Waals surface area contributed by atoms with Gasteiger partial charge in [0, 0.05) is 13.5 Å². The van der Waals surface area contributed by atoms with Crippen molar-refractivity contribution in [3.05, 3.63) is 0 Å². The highest BCUT2D eigenvalue weighted by Gasteiger charge is 2.05. The van der Waals surface area contributed by atoms with Crippen LogP contribution in [-0.4, -0.2) is 65.9 Å². The fraction of sp³-hybridized carbons (Fsp3) is 0.929. The van der Waals surface area contributed by atoms with Gasteiger partial charge in [0.2, 0.25) is 0 Å². The first-order chi connectivity index (χ1) is 9.66. The maximum atomic E-state index is 11.2. The third-order valence-electron chi connectivity index (χ3n) is 2.24. The van der Waals surface area contributed by atoms with Crippen molar-refractivity contribution >= 4 is 5.97 Å². The summed E-state index contributed by atoms with van der Waals surface area (Å²) in [7, 11) is 1.64. The van der Waals surface area contributed by atoms with Crippen molar-refractivity contribution in [1.82, 2.24) is 0 Å². The Morgan fingerprint density at radius 1 is 0.800 bits per heavy atom. The summed E-state index contributed by atoms with van der Waals surface area (Å²) in [4.78, 5) is 11.2. The summed E-state index contributed by atoms with van der Waals surface area (Å²) >= 11 is 0. The van der Waals surface area contributed by atoms with Crippen LogP contribution >= 0.6 is 0 Å². The summed E-state index contributed by atoms with van der Waals surface area (Å²) in [6.45, 7) is 7.92. The molecule has 0 saturated heterocycles. The average Bonchev–Trinajstić information content (AvgIpc) is 2.39. The van der Waals surface area contributed by atoms with Crippen LogP contribution in [0, 0.1) is 5.92 Å². The second kappa shape index (κ2) is 14.7. The zero-order chi connectivity index (χ0) is 15.1. The minimum atomic E-state index is -0.173. The minimum absolute atomic E-state index is 0.173. The van der Waals surface area contributed by atoms with Crippen LogP contribution in [0.4, 0.5) is 0 Å². The molecule has 0 aliphatic rings. The Bertz CT molecular complexity index is 220. The number of methoxy groups -OCH3 is 1. The number of hydrogen-bond acceptors (Lipinski definition) is 6. The molecular weight excluding hydrogens is 264 g/mol. The number of ether oxygens (including phenoxy) is 5. The lowest BCUT2D eigenvalue weighted by atomic mass is 10.1. The Morgan fingerprint density at radius 3 is 1.70 bits per heavy atom. The summed E-state index contributed by atoms with van der Waals surface area (Å²) in [6.07, 6.45) is 0.451. The number of carbonyl (C=O) groups is 1. The van der Waals surface area contributed by atoms with Gasteiger partial charge in [-0.2, -0.15) is 0 Å². The van der Waals surface area contributed by atoms with Crippen molar-refractivity contribution in [2.24, 2.45) is 5.92 Å². The molecule has 0 unspecified atom stereocenters. The molecular formula is C14H28O6. The van der Waals surface area contributed by atoms with Gasteiger partial charge in [0.1, 0.15) is 6.61 Å². The van der Waals surface area contributed by atoms with Crippen LogP contribution in [0.5, 0.6) is 0 Å². The van der Waals surface area contributed by atoms with Crippen LogP contribution in [0.1, 0.15) is 20.3 Å². The lowest BCUT2D eigenvalue weighted by Gasteiger charge is -2.08. The SMILES string of the molecule is COCCOCCOCCOCCOC(=O)CC(C)C. The molecule has 0 amide bonds. The van der Waals surface area contributed by atoms with Crippen LogP contribution in [0.3, 0.4) is 0 Å². The zero-order valence-corrected chi connectivity index (χ0v) is 12.9. The molecule has 0 saturated carbocycles. The normalized spacial score (nSPS) is 11.0. The van der Waals surface area contributed by atoms with Gasteiger partial charge in [0.15, 0.2) is 0 Å². The molecule has 20 heavy (non-hydrogen) atoms. The highest BCUT2D eigenvalue weighted by Crippen LogP contribution is 2.00. The molecule has 0 bridgehead atoms. The van der Waals surface area contributed by atoms with Gasteiger partial charge < -0.3 is 23.7 Å². The Labute approximate surface area is 121 Å². The van der Waals surface area contributed by atoms with E-state index in [9.17, 15) is 4.79 Å². The van der Waals surface area contributed by atoms with Crippen LogP contribution in [0.15, 0.2) is 0 Å². The first-order valence-corrected chi connectivity index (χ1v) is 7.04. The number of carbonyl (C=O) groups excluding carboxylic acids is 1. The lowest BCUT2D eigenvalue weighted by Crippen LogP contribution is -2.15. The van der Waals surface area contributed by atoms with E-state index in [4.69, 9.17) is 23.7 Å². The van der Waals surface area contributed by atoms with Crippen molar-refractivity contribution in [3.8, 4) is 0 Å². The van der Waals surface area contributed by atoms with E-state index in [0.29, 0.717) is 65.2 Å². The minimum Gasteiger partial charge on any atom is -0.463 e. The molecule has 0 atom stereocenters. The topological polar surface area (TPSA) is 63.2 Å². The van der Waals surface area contributed by atoms with Gasteiger partial charge in [-0.1, -0.05) is 13.8 Å². The molecule has 0 spiro atoms. The smallest absolute Gasteiger partial charge is 0.306 e. The van der Waals surface area contributed by atoms with Crippen molar-refractivity contribution in [2.45, 2.75) is 20.3 Å². The summed E-state index contributed by atoms with van der Waals surface area (Å²) in [5.41, 5.74) is 0. The third-order valence-corrected chi connectivity index (χ3v) is 2.24. The Morgan fingerprint density at radius 2 is 1.25 bits per heavy atom. The lowest BCUT2D eigenvalue weighted by molar-refractivity contribution is -0.146. The third kappa shape index (κ3) is 15.4. The summed E-state index contributed by atoms with van der Waals surface area (Å²) in [5.74, 6) is 0.149. The Balaban J connectivity index is 3.08. The summed E-state index contributed by atoms with van der Waals surface area (Å²) in [5, 5.41) is 0. The standard InChI is InChI=1S/C14H28O6/c1-13(2)12-14(15)20-11-10-19-9-8-18-7-6-17-5-4-16-3/h13H,4-12H2,1-3H3. The van der Waals surface area contributed by atoms with E-state index >= 15 is 0 Å². The van der Waals surface area contributed by atoms with Crippen LogP contribution in [0.25, 0.3) is 0 Å². The molecule has 6 heteroatoms. The average molecular weight is 292 g/mol.